The van der Waals surface area contributed by atoms with E-state index in [1.165, 1.54) is 0 Å². The molecule has 148 valence electrons. The van der Waals surface area contributed by atoms with E-state index in [9.17, 15) is 14.4 Å². The van der Waals surface area contributed by atoms with Gasteiger partial charge in [0, 0.05) is 30.1 Å². The Labute approximate surface area is 168 Å². The number of aromatic nitrogens is 1. The lowest BCUT2D eigenvalue weighted by Gasteiger charge is -2.12. The molecule has 1 aliphatic rings. The van der Waals surface area contributed by atoms with Crippen molar-refractivity contribution in [3.63, 3.8) is 0 Å². The third kappa shape index (κ3) is 3.99. The van der Waals surface area contributed by atoms with Crippen molar-refractivity contribution in [2.75, 3.05) is 11.4 Å². The van der Waals surface area contributed by atoms with Crippen LogP contribution in [0.2, 0.25) is 0 Å². The number of anilines is 1. The Balaban J connectivity index is 1.25. The molecule has 29 heavy (non-hydrogen) atoms. The molecule has 1 aliphatic heterocycles. The number of para-hydroxylation sites is 2. The zero-order valence-electron chi connectivity index (χ0n) is 15.9. The second-order valence-electron chi connectivity index (χ2n) is 7.01. The Morgan fingerprint density at radius 3 is 2.62 bits per heavy atom. The number of benzene rings is 2. The normalized spacial score (nSPS) is 16.3. The van der Waals surface area contributed by atoms with Gasteiger partial charge in [-0.2, -0.15) is 0 Å². The van der Waals surface area contributed by atoms with Crippen molar-refractivity contribution in [2.24, 2.45) is 0 Å². The number of urea groups is 1. The van der Waals surface area contributed by atoms with Gasteiger partial charge in [0.05, 0.1) is 5.69 Å². The maximum Gasteiger partial charge on any atom is 0.329 e. The molecule has 2 aromatic carbocycles. The highest BCUT2D eigenvalue weighted by atomic mass is 16.2. The van der Waals surface area contributed by atoms with E-state index in [1.807, 2.05) is 30.5 Å². The first-order valence-electron chi connectivity index (χ1n) is 9.64. The third-order valence-electron chi connectivity index (χ3n) is 5.09. The summed E-state index contributed by atoms with van der Waals surface area (Å²) in [6.07, 6.45) is 3.12. The number of rotatable bonds is 7. The molecule has 0 radical (unpaired) electrons. The molecule has 0 spiro atoms. The molecule has 7 nitrogen and oxygen atoms in total. The highest BCUT2D eigenvalue weighted by Gasteiger charge is 2.38. The van der Waals surface area contributed by atoms with Crippen LogP contribution in [0.5, 0.6) is 0 Å². The molecule has 1 aromatic heterocycles. The van der Waals surface area contributed by atoms with Crippen LogP contribution < -0.4 is 15.5 Å². The number of nitrogens with zero attached hydrogens (tertiary/aromatic N) is 1. The molecule has 0 saturated carbocycles. The van der Waals surface area contributed by atoms with Crippen LogP contribution in [0.25, 0.3) is 10.9 Å². The summed E-state index contributed by atoms with van der Waals surface area (Å²) in [5, 5.41) is 6.70. The maximum atomic E-state index is 12.5. The van der Waals surface area contributed by atoms with Crippen molar-refractivity contribution in [3.05, 3.63) is 66.4 Å². The summed E-state index contributed by atoms with van der Waals surface area (Å²) < 4.78 is 0. The molecule has 1 saturated heterocycles. The Morgan fingerprint density at radius 1 is 1.03 bits per heavy atom. The van der Waals surface area contributed by atoms with Crippen LogP contribution in [-0.4, -0.2) is 35.4 Å². The van der Waals surface area contributed by atoms with Crippen molar-refractivity contribution in [1.82, 2.24) is 15.6 Å². The topological polar surface area (TPSA) is 94.3 Å². The average Bonchev–Trinajstić information content (AvgIpc) is 3.27. The van der Waals surface area contributed by atoms with Crippen LogP contribution in [-0.2, 0) is 16.0 Å². The van der Waals surface area contributed by atoms with Crippen LogP contribution >= 0.6 is 0 Å². The summed E-state index contributed by atoms with van der Waals surface area (Å²) in [6, 6.07) is 15.7. The zero-order valence-corrected chi connectivity index (χ0v) is 15.9. The second kappa shape index (κ2) is 8.18. The van der Waals surface area contributed by atoms with Crippen molar-refractivity contribution in [3.8, 4) is 0 Å². The first-order valence-corrected chi connectivity index (χ1v) is 9.64. The Hall–Kier alpha value is -3.61. The van der Waals surface area contributed by atoms with E-state index in [0.717, 1.165) is 27.8 Å². The minimum absolute atomic E-state index is 0.134. The summed E-state index contributed by atoms with van der Waals surface area (Å²) in [7, 11) is 0. The number of hydrogen-bond donors (Lipinski definition) is 3. The van der Waals surface area contributed by atoms with E-state index in [2.05, 4.69) is 21.7 Å². The standard InChI is InChI=1S/C22H22N4O3/c27-20(23-13-12-15-14-24-18-9-5-4-8-17(15)18)11-10-19-21(28)26(22(29)25-19)16-6-2-1-3-7-16/h1-9,14,19,24H,10-13H2,(H,23,27)(H,25,29)/t19-/m0/s1. The predicted molar refractivity (Wildman–Crippen MR) is 110 cm³/mol. The van der Waals surface area contributed by atoms with E-state index in [0.29, 0.717) is 12.2 Å². The van der Waals surface area contributed by atoms with Gasteiger partial charge in [0.25, 0.3) is 5.91 Å². The molecule has 0 unspecified atom stereocenters. The number of carbonyl (C=O) groups excluding carboxylic acids is 3. The molecule has 1 fully saturated rings. The molecular formula is C22H22N4O3. The van der Waals surface area contributed by atoms with E-state index in [1.54, 1.807) is 24.3 Å². The van der Waals surface area contributed by atoms with E-state index in [4.69, 9.17) is 0 Å². The summed E-state index contributed by atoms with van der Waals surface area (Å²) in [4.78, 5) is 41.2. The number of carbonyl (C=O) groups is 3. The number of nitrogens with one attached hydrogen (secondary N) is 3. The lowest BCUT2D eigenvalue weighted by Crippen LogP contribution is -2.33. The summed E-state index contributed by atoms with van der Waals surface area (Å²) in [6.45, 7) is 0.516. The Kier molecular flexibility index (Phi) is 5.29. The SMILES string of the molecule is O=C(CC[C@@H]1NC(=O)N(c2ccccc2)C1=O)NCCc1c[nH]c2ccccc12. The molecule has 1 atom stereocenters. The smallest absolute Gasteiger partial charge is 0.329 e. The number of amides is 4. The summed E-state index contributed by atoms with van der Waals surface area (Å²) in [5.41, 5.74) is 2.76. The van der Waals surface area contributed by atoms with Crippen LogP contribution in [0.4, 0.5) is 10.5 Å². The number of aromatic amines is 1. The molecule has 4 amide bonds. The molecule has 4 rings (SSSR count). The van der Waals surface area contributed by atoms with Crippen molar-refractivity contribution in [1.29, 1.82) is 0 Å². The number of H-pyrrole nitrogens is 1. The van der Waals surface area contributed by atoms with E-state index >= 15 is 0 Å². The second-order valence-corrected chi connectivity index (χ2v) is 7.01. The highest BCUT2D eigenvalue weighted by molar-refractivity contribution is 6.21. The molecule has 3 aromatic rings. The minimum Gasteiger partial charge on any atom is -0.361 e. The largest absolute Gasteiger partial charge is 0.361 e. The molecule has 0 aliphatic carbocycles. The monoisotopic (exact) mass is 390 g/mol. The third-order valence-corrected chi connectivity index (χ3v) is 5.09. The quantitative estimate of drug-likeness (QED) is 0.542. The fourth-order valence-corrected chi connectivity index (χ4v) is 3.59. The van der Waals surface area contributed by atoms with Crippen molar-refractivity contribution >= 4 is 34.4 Å². The molecule has 0 bridgehead atoms. The van der Waals surface area contributed by atoms with E-state index in [-0.39, 0.29) is 24.7 Å². The van der Waals surface area contributed by atoms with Gasteiger partial charge in [0.1, 0.15) is 6.04 Å². The lowest BCUT2D eigenvalue weighted by molar-refractivity contribution is -0.121. The Bertz CT molecular complexity index is 1040. The summed E-state index contributed by atoms with van der Waals surface area (Å²) in [5.74, 6) is -0.460. The van der Waals surface area contributed by atoms with Gasteiger partial charge in [0.15, 0.2) is 0 Å². The number of fused-ring (bicyclic) bond motifs is 1. The van der Waals surface area contributed by atoms with Crippen LogP contribution in [0.15, 0.2) is 60.8 Å². The molecule has 7 heteroatoms. The van der Waals surface area contributed by atoms with Gasteiger partial charge < -0.3 is 15.6 Å². The lowest BCUT2D eigenvalue weighted by atomic mass is 10.1. The predicted octanol–water partition coefficient (Wildman–Crippen LogP) is 2.73. The van der Waals surface area contributed by atoms with Gasteiger partial charge in [0.2, 0.25) is 5.91 Å². The molecule has 2 heterocycles. The first kappa shape index (κ1) is 18.7. The summed E-state index contributed by atoms with van der Waals surface area (Å²) >= 11 is 0. The van der Waals surface area contributed by atoms with E-state index < -0.39 is 12.1 Å². The fraction of sp³-hybridized carbons (Fsp3) is 0.227. The van der Waals surface area contributed by atoms with Gasteiger partial charge in [-0.25, -0.2) is 9.69 Å². The van der Waals surface area contributed by atoms with Gasteiger partial charge in [-0.1, -0.05) is 36.4 Å². The van der Waals surface area contributed by atoms with Crippen molar-refractivity contribution < 1.29 is 14.4 Å². The first-order chi connectivity index (χ1) is 14.1. The minimum atomic E-state index is -0.679. The van der Waals surface area contributed by atoms with Crippen LogP contribution in [0.1, 0.15) is 18.4 Å². The number of hydrogen-bond acceptors (Lipinski definition) is 3. The highest BCUT2D eigenvalue weighted by Crippen LogP contribution is 2.21. The fourth-order valence-electron chi connectivity index (χ4n) is 3.59. The number of imide groups is 1. The maximum absolute atomic E-state index is 12.5. The average molecular weight is 390 g/mol. The zero-order chi connectivity index (χ0) is 20.2. The Morgan fingerprint density at radius 2 is 1.79 bits per heavy atom. The van der Waals surface area contributed by atoms with Gasteiger partial charge in [-0.15, -0.1) is 0 Å². The van der Waals surface area contributed by atoms with Gasteiger partial charge >= 0.3 is 6.03 Å². The van der Waals surface area contributed by atoms with Gasteiger partial charge in [-0.3, -0.25) is 9.59 Å². The molecular weight excluding hydrogens is 368 g/mol. The molecule has 3 N–H and O–H groups in total. The van der Waals surface area contributed by atoms with Gasteiger partial charge in [-0.05, 0) is 36.6 Å². The van der Waals surface area contributed by atoms with Crippen LogP contribution in [0, 0.1) is 0 Å². The van der Waals surface area contributed by atoms with Crippen molar-refractivity contribution in [2.45, 2.75) is 25.3 Å². The van der Waals surface area contributed by atoms with Crippen LogP contribution in [0.3, 0.4) is 0 Å².